The average Bonchev–Trinajstić information content (AvgIpc) is 3.42. The number of hydrogen-bond donors (Lipinski definition) is 5. The molecule has 1 atom stereocenters. The quantitative estimate of drug-likeness (QED) is 0.217. The Balaban J connectivity index is 1.40. The van der Waals surface area contributed by atoms with E-state index in [-0.39, 0.29) is 22.6 Å². The van der Waals surface area contributed by atoms with E-state index in [0.717, 1.165) is 49.0 Å². The van der Waals surface area contributed by atoms with Gasteiger partial charge in [-0.25, -0.2) is 4.98 Å². The largest absolute Gasteiger partial charge is 0.478 e. The third-order valence-corrected chi connectivity index (χ3v) is 7.13. The van der Waals surface area contributed by atoms with Gasteiger partial charge in [-0.15, -0.1) is 0 Å². The Morgan fingerprint density at radius 1 is 1.18 bits per heavy atom. The summed E-state index contributed by atoms with van der Waals surface area (Å²) in [5, 5.41) is 12.0. The molecule has 0 radical (unpaired) electrons. The van der Waals surface area contributed by atoms with Crippen molar-refractivity contribution in [3.05, 3.63) is 72.1 Å². The molecule has 1 fully saturated rings. The van der Waals surface area contributed by atoms with Gasteiger partial charge < -0.3 is 31.0 Å². The molecule has 5 rings (SSSR count). The smallest absolute Gasteiger partial charge is 0.258 e. The lowest BCUT2D eigenvalue weighted by Crippen LogP contribution is -2.54. The Kier molecular flexibility index (Phi) is 7.67. The molecule has 0 saturated carbocycles. The summed E-state index contributed by atoms with van der Waals surface area (Å²) >= 11 is 0. The number of nitrogens with one attached hydrogen (secondary N) is 5. The molecule has 1 spiro atoms. The highest BCUT2D eigenvalue weighted by Gasteiger charge is 2.42. The molecule has 11 nitrogen and oxygen atoms in total. The molecule has 208 valence electrons. The van der Waals surface area contributed by atoms with Crippen LogP contribution < -0.4 is 26.0 Å². The first-order valence-electron chi connectivity index (χ1n) is 13.1. The molecular formula is C29H33N7O4. The van der Waals surface area contributed by atoms with E-state index in [0.29, 0.717) is 30.4 Å². The van der Waals surface area contributed by atoms with Crippen LogP contribution in [-0.4, -0.2) is 73.0 Å². The second-order valence-electron chi connectivity index (χ2n) is 10.4. The van der Waals surface area contributed by atoms with E-state index >= 15 is 0 Å². The summed E-state index contributed by atoms with van der Waals surface area (Å²) in [6.07, 6.45) is 4.74. The number of nitrogens with zero attached hydrogens (tertiary/aromatic N) is 2. The number of hydrogen-bond acceptors (Lipinski definition) is 7. The number of aromatic amines is 1. The SMILES string of the molecule is C=CC(=O)Nc1cc(OCN(C)C)ccc1C(=O)Nc1cc(-c2cc3c([nH]2)C2(CCCNC2)CNC3=O)ccn1. The number of piperidine rings is 1. The lowest BCUT2D eigenvalue weighted by atomic mass is 9.74. The van der Waals surface area contributed by atoms with Gasteiger partial charge in [0.2, 0.25) is 5.91 Å². The van der Waals surface area contributed by atoms with Crippen LogP contribution >= 0.6 is 0 Å². The normalized spacial score (nSPS) is 18.1. The lowest BCUT2D eigenvalue weighted by Gasteiger charge is -2.40. The fourth-order valence-electron chi connectivity index (χ4n) is 5.12. The molecule has 4 heterocycles. The van der Waals surface area contributed by atoms with Gasteiger partial charge in [-0.05, 0) is 69.9 Å². The van der Waals surface area contributed by atoms with Crippen LogP contribution in [0.5, 0.6) is 5.75 Å². The Bertz CT molecular complexity index is 1460. The number of benzene rings is 1. The number of anilines is 2. The molecule has 0 aliphatic carbocycles. The minimum Gasteiger partial charge on any atom is -0.478 e. The van der Waals surface area contributed by atoms with E-state index in [9.17, 15) is 14.4 Å². The fourth-order valence-corrected chi connectivity index (χ4v) is 5.12. The molecule has 1 saturated heterocycles. The van der Waals surface area contributed by atoms with E-state index in [2.05, 4.69) is 37.8 Å². The van der Waals surface area contributed by atoms with Gasteiger partial charge in [0.25, 0.3) is 11.8 Å². The van der Waals surface area contributed by atoms with Gasteiger partial charge >= 0.3 is 0 Å². The summed E-state index contributed by atoms with van der Waals surface area (Å²) in [6, 6.07) is 10.3. The highest BCUT2D eigenvalue weighted by molar-refractivity contribution is 6.11. The van der Waals surface area contributed by atoms with Crippen molar-refractivity contribution in [2.24, 2.45) is 0 Å². The monoisotopic (exact) mass is 543 g/mol. The number of amides is 3. The number of carbonyl (C=O) groups is 3. The number of ether oxygens (including phenoxy) is 1. The molecule has 3 amide bonds. The Morgan fingerprint density at radius 2 is 2.02 bits per heavy atom. The molecule has 2 aromatic heterocycles. The van der Waals surface area contributed by atoms with Crippen LogP contribution in [0.25, 0.3) is 11.3 Å². The maximum Gasteiger partial charge on any atom is 0.258 e. The first-order valence-corrected chi connectivity index (χ1v) is 13.1. The number of aromatic nitrogens is 2. The standard InChI is InChI=1S/C29H33N7O4/c1-4-25(37)33-23-13-19(40-17-36(2)3)6-7-20(23)28(39)35-24-12-18(8-11-31-24)22-14-21-26(34-22)29(16-32-27(21)38)9-5-10-30-15-29/h4,6-8,11-14,30,34H,1,5,9-10,15-17H2,2-3H3,(H,32,38)(H,33,37)(H,31,35,39). The summed E-state index contributed by atoms with van der Waals surface area (Å²) in [4.78, 5) is 47.7. The van der Waals surface area contributed by atoms with Gasteiger partial charge in [0, 0.05) is 47.7 Å². The Morgan fingerprint density at radius 3 is 2.77 bits per heavy atom. The molecule has 0 bridgehead atoms. The van der Waals surface area contributed by atoms with Crippen molar-refractivity contribution in [3.8, 4) is 17.0 Å². The van der Waals surface area contributed by atoms with E-state index in [4.69, 9.17) is 4.74 Å². The van der Waals surface area contributed by atoms with Crippen LogP contribution in [0.15, 0.2) is 55.3 Å². The predicted molar refractivity (Wildman–Crippen MR) is 153 cm³/mol. The van der Waals surface area contributed by atoms with E-state index in [1.807, 2.05) is 31.1 Å². The van der Waals surface area contributed by atoms with Crippen molar-refractivity contribution in [2.75, 3.05) is 51.1 Å². The average molecular weight is 544 g/mol. The molecule has 2 aliphatic rings. The third-order valence-electron chi connectivity index (χ3n) is 7.13. The zero-order valence-corrected chi connectivity index (χ0v) is 22.6. The number of H-pyrrole nitrogens is 1. The van der Waals surface area contributed by atoms with Crippen LogP contribution in [0.1, 0.15) is 39.3 Å². The van der Waals surface area contributed by atoms with Crippen molar-refractivity contribution in [2.45, 2.75) is 18.3 Å². The summed E-state index contributed by atoms with van der Waals surface area (Å²) in [5.74, 6) is -0.188. The number of rotatable bonds is 8. The summed E-state index contributed by atoms with van der Waals surface area (Å²) in [7, 11) is 3.73. The first kappa shape index (κ1) is 27.1. The van der Waals surface area contributed by atoms with Crippen molar-refractivity contribution in [1.29, 1.82) is 0 Å². The maximum atomic E-state index is 13.3. The first-order chi connectivity index (χ1) is 19.3. The summed E-state index contributed by atoms with van der Waals surface area (Å²) in [6.45, 7) is 6.17. The van der Waals surface area contributed by atoms with Crippen molar-refractivity contribution < 1.29 is 19.1 Å². The Hall–Kier alpha value is -4.48. The van der Waals surface area contributed by atoms with Gasteiger partial charge in [0.1, 0.15) is 18.3 Å². The van der Waals surface area contributed by atoms with Crippen molar-refractivity contribution >= 4 is 29.2 Å². The second kappa shape index (κ2) is 11.3. The molecule has 1 aromatic carbocycles. The third kappa shape index (κ3) is 5.61. The molecule has 11 heteroatoms. The minimum atomic E-state index is -0.458. The molecule has 1 unspecified atom stereocenters. The van der Waals surface area contributed by atoms with Crippen LogP contribution in [0.3, 0.4) is 0 Å². The van der Waals surface area contributed by atoms with Crippen LogP contribution in [0, 0.1) is 0 Å². The highest BCUT2D eigenvalue weighted by Crippen LogP contribution is 2.37. The molecule has 40 heavy (non-hydrogen) atoms. The van der Waals surface area contributed by atoms with Crippen LogP contribution in [0.2, 0.25) is 0 Å². The fraction of sp³-hybridized carbons (Fsp3) is 0.310. The number of carbonyl (C=O) groups excluding carboxylic acids is 3. The molecule has 2 aliphatic heterocycles. The zero-order valence-electron chi connectivity index (χ0n) is 22.6. The summed E-state index contributed by atoms with van der Waals surface area (Å²) < 4.78 is 5.69. The number of pyridine rings is 1. The van der Waals surface area contributed by atoms with Gasteiger partial charge in [-0.3, -0.25) is 19.3 Å². The van der Waals surface area contributed by atoms with Crippen LogP contribution in [-0.2, 0) is 10.2 Å². The van der Waals surface area contributed by atoms with Gasteiger partial charge in [0.05, 0.1) is 16.8 Å². The van der Waals surface area contributed by atoms with E-state index in [1.165, 1.54) is 0 Å². The zero-order chi connectivity index (χ0) is 28.3. The molecule has 5 N–H and O–H groups in total. The predicted octanol–water partition coefficient (Wildman–Crippen LogP) is 2.72. The highest BCUT2D eigenvalue weighted by atomic mass is 16.5. The van der Waals surface area contributed by atoms with Gasteiger partial charge in [-0.2, -0.15) is 0 Å². The molecular weight excluding hydrogens is 510 g/mol. The second-order valence-corrected chi connectivity index (χ2v) is 10.4. The minimum absolute atomic E-state index is 0.0941. The van der Waals surface area contributed by atoms with Gasteiger partial charge in [-0.1, -0.05) is 6.58 Å². The Labute approximate surface area is 232 Å². The topological polar surface area (TPSA) is 140 Å². The van der Waals surface area contributed by atoms with E-state index in [1.54, 1.807) is 30.5 Å². The molecule has 3 aromatic rings. The van der Waals surface area contributed by atoms with Crippen LogP contribution in [0.4, 0.5) is 11.5 Å². The number of fused-ring (bicyclic) bond motifs is 2. The van der Waals surface area contributed by atoms with E-state index < -0.39 is 11.8 Å². The van der Waals surface area contributed by atoms with Crippen molar-refractivity contribution in [1.82, 2.24) is 25.5 Å². The van der Waals surface area contributed by atoms with Crippen molar-refractivity contribution in [3.63, 3.8) is 0 Å². The van der Waals surface area contributed by atoms with Gasteiger partial charge in [0.15, 0.2) is 0 Å². The lowest BCUT2D eigenvalue weighted by molar-refractivity contribution is -0.111. The summed E-state index contributed by atoms with van der Waals surface area (Å²) in [5.41, 5.74) is 3.48. The maximum absolute atomic E-state index is 13.3.